The van der Waals surface area contributed by atoms with Crippen molar-refractivity contribution in [3.63, 3.8) is 0 Å². The molecule has 0 radical (unpaired) electrons. The number of aromatic nitrogens is 4. The van der Waals surface area contributed by atoms with Crippen molar-refractivity contribution < 1.29 is 14.3 Å². The van der Waals surface area contributed by atoms with Crippen molar-refractivity contribution in [3.05, 3.63) is 73.3 Å². The summed E-state index contributed by atoms with van der Waals surface area (Å²) in [4.78, 5) is 47.8. The fourth-order valence-corrected chi connectivity index (χ4v) is 5.27. The van der Waals surface area contributed by atoms with Crippen LogP contribution >= 0.6 is 15.9 Å². The second-order valence-electron chi connectivity index (χ2n) is 9.88. The molecule has 0 unspecified atom stereocenters. The number of halogens is 1. The van der Waals surface area contributed by atoms with Crippen molar-refractivity contribution in [3.8, 4) is 11.5 Å². The number of piperazine rings is 1. The van der Waals surface area contributed by atoms with Gasteiger partial charge in [0.1, 0.15) is 11.5 Å². The monoisotopic (exact) mass is 625 g/mol. The van der Waals surface area contributed by atoms with E-state index in [1.165, 1.54) is 11.6 Å². The number of hydrogen-bond acceptors (Lipinski definition) is 8. The Balaban J connectivity index is 1.36. The zero-order valence-electron chi connectivity index (χ0n) is 23.4. The van der Waals surface area contributed by atoms with E-state index in [1.54, 1.807) is 39.5 Å². The minimum absolute atomic E-state index is 0.161. The highest BCUT2D eigenvalue weighted by Crippen LogP contribution is 2.29. The molecule has 0 atom stereocenters. The highest BCUT2D eigenvalue weighted by atomic mass is 79.9. The lowest BCUT2D eigenvalue weighted by Gasteiger charge is -2.35. The fourth-order valence-electron chi connectivity index (χ4n) is 5.01. The van der Waals surface area contributed by atoms with Gasteiger partial charge in [-0.2, -0.15) is 4.98 Å². The average Bonchev–Trinajstić information content (AvgIpc) is 3.35. The fraction of sp³-hybridized carbons (Fsp3) is 0.357. The van der Waals surface area contributed by atoms with Crippen LogP contribution in [0.4, 0.5) is 11.6 Å². The van der Waals surface area contributed by atoms with Gasteiger partial charge in [0.15, 0.2) is 11.2 Å². The number of methoxy groups -OCH3 is 2. The van der Waals surface area contributed by atoms with Crippen molar-refractivity contribution >= 4 is 44.6 Å². The number of carbonyl (C=O) groups is 1. The Hall–Kier alpha value is -4.10. The molecule has 1 aliphatic rings. The highest BCUT2D eigenvalue weighted by molar-refractivity contribution is 9.10. The number of benzene rings is 2. The smallest absolute Gasteiger partial charge is 0.332 e. The van der Waals surface area contributed by atoms with E-state index in [0.717, 1.165) is 14.6 Å². The van der Waals surface area contributed by atoms with Crippen LogP contribution in [0.2, 0.25) is 0 Å². The standard InChI is InChI=1S/C28H32BrN7O5/c1-32-25-24(26(38)33(2)28(32)39)36(16-18-5-7-19(29)8-6-18)27(31-25)35-13-11-34(12-14-35)17-23(37)30-21-15-20(40-3)9-10-22(21)41-4/h5-10,15H,11-14,16-17H2,1-4H3,(H,30,37). The summed E-state index contributed by atoms with van der Waals surface area (Å²) < 4.78 is 16.0. The number of hydrogen-bond donors (Lipinski definition) is 1. The van der Waals surface area contributed by atoms with Crippen molar-refractivity contribution in [1.29, 1.82) is 0 Å². The SMILES string of the molecule is COc1ccc(OC)c(NC(=O)CN2CCN(c3nc4c(c(=O)n(C)c(=O)n4C)n3Cc3ccc(Br)cc3)CC2)c1. The van der Waals surface area contributed by atoms with Crippen molar-refractivity contribution in [2.75, 3.05) is 57.2 Å². The minimum atomic E-state index is -0.425. The topological polar surface area (TPSA) is 116 Å². The van der Waals surface area contributed by atoms with Crippen LogP contribution in [0.25, 0.3) is 11.2 Å². The van der Waals surface area contributed by atoms with E-state index >= 15 is 0 Å². The lowest BCUT2D eigenvalue weighted by atomic mass is 10.2. The summed E-state index contributed by atoms with van der Waals surface area (Å²) in [6.07, 6.45) is 0. The van der Waals surface area contributed by atoms with E-state index < -0.39 is 5.69 Å². The Bertz CT molecular complexity index is 1700. The number of nitrogens with zero attached hydrogens (tertiary/aromatic N) is 6. The summed E-state index contributed by atoms with van der Waals surface area (Å²) in [5.74, 6) is 1.62. The van der Waals surface area contributed by atoms with Gasteiger partial charge in [-0.15, -0.1) is 0 Å². The van der Waals surface area contributed by atoms with Gasteiger partial charge in [0.25, 0.3) is 5.56 Å². The lowest BCUT2D eigenvalue weighted by Crippen LogP contribution is -2.49. The summed E-state index contributed by atoms with van der Waals surface area (Å²) in [5, 5.41) is 2.92. The molecule has 5 rings (SSSR count). The normalized spacial score (nSPS) is 13.9. The summed E-state index contributed by atoms with van der Waals surface area (Å²) in [5.41, 5.74) is 1.45. The Morgan fingerprint density at radius 3 is 2.34 bits per heavy atom. The molecule has 1 amide bonds. The molecule has 1 saturated heterocycles. The third-order valence-corrected chi connectivity index (χ3v) is 7.81. The first-order valence-electron chi connectivity index (χ1n) is 13.1. The highest BCUT2D eigenvalue weighted by Gasteiger charge is 2.26. The van der Waals surface area contributed by atoms with Crippen LogP contribution in [-0.2, 0) is 25.4 Å². The first kappa shape index (κ1) is 28.4. The van der Waals surface area contributed by atoms with Crippen molar-refractivity contribution in [2.45, 2.75) is 6.54 Å². The Morgan fingerprint density at radius 2 is 1.68 bits per heavy atom. The maximum atomic E-state index is 13.3. The molecule has 2 aromatic carbocycles. The van der Waals surface area contributed by atoms with Gasteiger partial charge in [0.2, 0.25) is 11.9 Å². The van der Waals surface area contributed by atoms with Crippen molar-refractivity contribution in [1.82, 2.24) is 23.6 Å². The number of anilines is 2. The van der Waals surface area contributed by atoms with Crippen LogP contribution in [-0.4, -0.2) is 76.4 Å². The molecule has 3 heterocycles. The first-order valence-corrected chi connectivity index (χ1v) is 13.9. The Labute approximate surface area is 244 Å². The molecule has 1 N–H and O–H groups in total. The molecule has 1 fully saturated rings. The number of amides is 1. The zero-order valence-corrected chi connectivity index (χ0v) is 25.0. The van der Waals surface area contributed by atoms with E-state index in [0.29, 0.717) is 67.0 Å². The number of imidazole rings is 1. The molecule has 13 heteroatoms. The molecule has 0 spiro atoms. The molecule has 41 heavy (non-hydrogen) atoms. The molecule has 4 aromatic rings. The first-order chi connectivity index (χ1) is 19.7. The van der Waals surface area contributed by atoms with E-state index in [2.05, 4.69) is 31.0 Å². The van der Waals surface area contributed by atoms with Gasteiger partial charge in [-0.05, 0) is 29.8 Å². The molecule has 0 bridgehead atoms. The van der Waals surface area contributed by atoms with Gasteiger partial charge in [0, 0.05) is 50.8 Å². The van der Waals surface area contributed by atoms with Gasteiger partial charge >= 0.3 is 5.69 Å². The molecular weight excluding hydrogens is 594 g/mol. The third kappa shape index (κ3) is 5.72. The molecule has 2 aromatic heterocycles. The molecular formula is C28H32BrN7O5. The molecule has 1 aliphatic heterocycles. The summed E-state index contributed by atoms with van der Waals surface area (Å²) in [6, 6.07) is 13.1. The van der Waals surface area contributed by atoms with Crippen LogP contribution in [0.15, 0.2) is 56.5 Å². The van der Waals surface area contributed by atoms with E-state index in [9.17, 15) is 14.4 Å². The zero-order chi connectivity index (χ0) is 29.3. The van der Waals surface area contributed by atoms with Crippen LogP contribution in [0, 0.1) is 0 Å². The van der Waals surface area contributed by atoms with Gasteiger partial charge < -0.3 is 19.7 Å². The number of fused-ring (bicyclic) bond motifs is 1. The predicted octanol–water partition coefficient (Wildman–Crippen LogP) is 2.02. The summed E-state index contributed by atoms with van der Waals surface area (Å²) in [6.45, 7) is 3.03. The summed E-state index contributed by atoms with van der Waals surface area (Å²) >= 11 is 3.47. The van der Waals surface area contributed by atoms with Gasteiger partial charge in [-0.3, -0.25) is 28.2 Å². The number of ether oxygens (including phenoxy) is 2. The van der Waals surface area contributed by atoms with Gasteiger partial charge in [-0.1, -0.05) is 28.1 Å². The minimum Gasteiger partial charge on any atom is -0.497 e. The molecule has 216 valence electrons. The van der Waals surface area contributed by atoms with Crippen LogP contribution in [0.1, 0.15) is 5.56 Å². The van der Waals surface area contributed by atoms with Gasteiger partial charge in [0.05, 0.1) is 33.0 Å². The number of rotatable bonds is 8. The largest absolute Gasteiger partial charge is 0.497 e. The van der Waals surface area contributed by atoms with Crippen LogP contribution in [0.5, 0.6) is 11.5 Å². The quantitative estimate of drug-likeness (QED) is 0.316. The lowest BCUT2D eigenvalue weighted by molar-refractivity contribution is -0.117. The van der Waals surface area contributed by atoms with E-state index in [-0.39, 0.29) is 18.0 Å². The van der Waals surface area contributed by atoms with E-state index in [4.69, 9.17) is 14.5 Å². The summed E-state index contributed by atoms with van der Waals surface area (Å²) in [7, 11) is 6.22. The van der Waals surface area contributed by atoms with Crippen LogP contribution in [0.3, 0.4) is 0 Å². The predicted molar refractivity (Wildman–Crippen MR) is 160 cm³/mol. The average molecular weight is 627 g/mol. The number of carbonyl (C=O) groups excluding carboxylic acids is 1. The molecule has 0 saturated carbocycles. The Morgan fingerprint density at radius 1 is 0.976 bits per heavy atom. The maximum absolute atomic E-state index is 13.3. The van der Waals surface area contributed by atoms with Crippen molar-refractivity contribution in [2.24, 2.45) is 14.1 Å². The third-order valence-electron chi connectivity index (χ3n) is 7.28. The number of nitrogens with one attached hydrogen (secondary N) is 1. The van der Waals surface area contributed by atoms with Gasteiger partial charge in [-0.25, -0.2) is 4.79 Å². The second-order valence-corrected chi connectivity index (χ2v) is 10.8. The molecule has 0 aliphatic carbocycles. The Kier molecular flexibility index (Phi) is 8.18. The van der Waals surface area contributed by atoms with E-state index in [1.807, 2.05) is 28.8 Å². The number of aryl methyl sites for hydroxylation is 1. The maximum Gasteiger partial charge on any atom is 0.332 e. The molecule has 12 nitrogen and oxygen atoms in total. The van der Waals surface area contributed by atoms with Crippen LogP contribution < -0.4 is 30.9 Å². The second kappa shape index (κ2) is 11.8.